The van der Waals surface area contributed by atoms with Gasteiger partial charge in [0.05, 0.1) is 20.9 Å². The smallest absolute Gasteiger partial charge is 0.231 e. The molecule has 0 unspecified atom stereocenters. The number of aromatic nitrogens is 1. The second-order valence-corrected chi connectivity index (χ2v) is 9.62. The van der Waals surface area contributed by atoms with E-state index in [1.165, 1.54) is 11.3 Å². The van der Waals surface area contributed by atoms with Crippen molar-refractivity contribution in [1.29, 1.82) is 0 Å². The Labute approximate surface area is 166 Å². The molecule has 3 aromatic rings. The van der Waals surface area contributed by atoms with Crippen LogP contribution in [-0.2, 0) is 14.6 Å². The van der Waals surface area contributed by atoms with E-state index >= 15 is 0 Å². The first-order valence-electron chi connectivity index (χ1n) is 8.70. The Balaban J connectivity index is 1.34. The van der Waals surface area contributed by atoms with E-state index in [0.29, 0.717) is 22.1 Å². The van der Waals surface area contributed by atoms with Crippen molar-refractivity contribution in [3.63, 3.8) is 0 Å². The van der Waals surface area contributed by atoms with Crippen LogP contribution in [0.2, 0.25) is 0 Å². The molecule has 0 saturated heterocycles. The van der Waals surface area contributed by atoms with Gasteiger partial charge in [-0.1, -0.05) is 29.0 Å². The van der Waals surface area contributed by atoms with Crippen LogP contribution >= 0.6 is 11.3 Å². The number of hydrogen-bond donors (Lipinski definition) is 1. The summed E-state index contributed by atoms with van der Waals surface area (Å²) in [5.74, 6) is 0.954. The van der Waals surface area contributed by atoms with Gasteiger partial charge in [-0.15, -0.1) is 0 Å². The lowest BCUT2D eigenvalue weighted by Crippen LogP contribution is -2.14. The summed E-state index contributed by atoms with van der Waals surface area (Å²) in [6.07, 6.45) is 0.340. The molecule has 4 rings (SSSR count). The zero-order valence-electron chi connectivity index (χ0n) is 15.1. The second-order valence-electron chi connectivity index (χ2n) is 6.48. The van der Waals surface area contributed by atoms with E-state index in [0.717, 1.165) is 10.3 Å². The molecule has 1 N–H and O–H groups in total. The molecule has 0 aliphatic carbocycles. The van der Waals surface area contributed by atoms with E-state index in [2.05, 4.69) is 10.3 Å². The van der Waals surface area contributed by atoms with Crippen LogP contribution in [0.15, 0.2) is 41.3 Å². The monoisotopic (exact) mass is 418 g/mol. The summed E-state index contributed by atoms with van der Waals surface area (Å²) in [4.78, 5) is 16.8. The largest absolute Gasteiger partial charge is 0.454 e. The number of carbonyl (C=O) groups excluding carboxylic acids is 1. The SMILES string of the molecule is Cc1ccc(S(=O)(=O)CCCC(=O)Nc2nc3cc4c(cc3s2)OCO4)cc1. The van der Waals surface area contributed by atoms with Crippen LogP contribution < -0.4 is 14.8 Å². The topological polar surface area (TPSA) is 94.6 Å². The summed E-state index contributed by atoms with van der Waals surface area (Å²) in [7, 11) is -3.39. The van der Waals surface area contributed by atoms with Gasteiger partial charge in [0.1, 0.15) is 0 Å². The van der Waals surface area contributed by atoms with E-state index < -0.39 is 9.84 Å². The second kappa shape index (κ2) is 7.40. The highest BCUT2D eigenvalue weighted by atomic mass is 32.2. The number of fused-ring (bicyclic) bond motifs is 2. The molecule has 7 nitrogen and oxygen atoms in total. The fourth-order valence-electron chi connectivity index (χ4n) is 2.84. The van der Waals surface area contributed by atoms with E-state index in [1.54, 1.807) is 30.3 Å². The van der Waals surface area contributed by atoms with E-state index in [9.17, 15) is 13.2 Å². The summed E-state index contributed by atoms with van der Waals surface area (Å²) in [5, 5.41) is 3.19. The highest BCUT2D eigenvalue weighted by Crippen LogP contribution is 2.38. The summed E-state index contributed by atoms with van der Waals surface area (Å²) >= 11 is 1.33. The van der Waals surface area contributed by atoms with Crippen LogP contribution in [0.3, 0.4) is 0 Å². The standard InChI is InChI=1S/C19H18N2O5S2/c1-12-4-6-13(7-5-12)28(23,24)8-2-3-18(22)21-19-20-14-9-15-16(26-11-25-15)10-17(14)27-19/h4-7,9-10H,2-3,8,11H2,1H3,(H,20,21,22). The molecule has 1 aliphatic rings. The molecule has 1 aromatic heterocycles. The zero-order valence-corrected chi connectivity index (χ0v) is 16.7. The minimum atomic E-state index is -3.39. The molecule has 28 heavy (non-hydrogen) atoms. The van der Waals surface area contributed by atoms with Crippen molar-refractivity contribution in [1.82, 2.24) is 4.98 Å². The van der Waals surface area contributed by atoms with Crippen LogP contribution in [0.5, 0.6) is 11.5 Å². The summed E-state index contributed by atoms with van der Waals surface area (Å²) in [5.41, 5.74) is 1.71. The van der Waals surface area contributed by atoms with Gasteiger partial charge in [-0.2, -0.15) is 0 Å². The fourth-order valence-corrected chi connectivity index (χ4v) is 5.04. The minimum absolute atomic E-state index is 0.0786. The van der Waals surface area contributed by atoms with Gasteiger partial charge >= 0.3 is 0 Å². The zero-order chi connectivity index (χ0) is 19.7. The number of amides is 1. The Kier molecular flexibility index (Phi) is 4.94. The van der Waals surface area contributed by atoms with Gasteiger partial charge in [-0.25, -0.2) is 13.4 Å². The average molecular weight is 418 g/mol. The number of nitrogens with one attached hydrogen (secondary N) is 1. The molecule has 0 bridgehead atoms. The maximum Gasteiger partial charge on any atom is 0.231 e. The number of sulfone groups is 1. The fraction of sp³-hybridized carbons (Fsp3) is 0.263. The van der Waals surface area contributed by atoms with Gasteiger partial charge in [0.2, 0.25) is 12.7 Å². The molecule has 0 radical (unpaired) electrons. The van der Waals surface area contributed by atoms with Gasteiger partial charge in [-0.3, -0.25) is 4.79 Å². The number of rotatable bonds is 6. The molecule has 1 aliphatic heterocycles. The van der Waals surface area contributed by atoms with Crippen molar-refractivity contribution in [3.05, 3.63) is 42.0 Å². The van der Waals surface area contributed by atoms with Crippen molar-refractivity contribution in [2.45, 2.75) is 24.7 Å². The molecule has 0 atom stereocenters. The minimum Gasteiger partial charge on any atom is -0.454 e. The Hall–Kier alpha value is -2.65. The first kappa shape index (κ1) is 18.7. The highest BCUT2D eigenvalue weighted by Gasteiger charge is 2.18. The van der Waals surface area contributed by atoms with Crippen LogP contribution in [-0.4, -0.2) is 31.9 Å². The third-order valence-corrected chi connectivity index (χ3v) is 7.08. The Morgan fingerprint density at radius 1 is 1.18 bits per heavy atom. The first-order chi connectivity index (χ1) is 13.4. The Bertz CT molecular complexity index is 1100. The molecular weight excluding hydrogens is 400 g/mol. The lowest BCUT2D eigenvalue weighted by atomic mass is 10.2. The lowest BCUT2D eigenvalue weighted by molar-refractivity contribution is -0.116. The van der Waals surface area contributed by atoms with Crippen molar-refractivity contribution < 1.29 is 22.7 Å². The van der Waals surface area contributed by atoms with Gasteiger partial charge in [0.25, 0.3) is 0 Å². The van der Waals surface area contributed by atoms with Gasteiger partial charge in [0, 0.05) is 18.6 Å². The van der Waals surface area contributed by atoms with E-state index in [4.69, 9.17) is 9.47 Å². The molecule has 0 saturated carbocycles. The van der Waals surface area contributed by atoms with Crippen LogP contribution in [0.4, 0.5) is 5.13 Å². The van der Waals surface area contributed by atoms with Crippen molar-refractivity contribution in [3.8, 4) is 11.5 Å². The maximum absolute atomic E-state index is 12.3. The molecule has 146 valence electrons. The number of anilines is 1. The third kappa shape index (κ3) is 3.95. The molecular formula is C19H18N2O5S2. The number of thiazole rings is 1. The van der Waals surface area contributed by atoms with Gasteiger partial charge in [0.15, 0.2) is 26.5 Å². The molecule has 9 heteroatoms. The van der Waals surface area contributed by atoms with Crippen molar-refractivity contribution >= 4 is 42.4 Å². The highest BCUT2D eigenvalue weighted by molar-refractivity contribution is 7.91. The summed E-state index contributed by atoms with van der Waals surface area (Å²) in [6.45, 7) is 2.10. The van der Waals surface area contributed by atoms with Crippen LogP contribution in [0, 0.1) is 6.92 Å². The first-order valence-corrected chi connectivity index (χ1v) is 11.2. The van der Waals surface area contributed by atoms with Crippen LogP contribution in [0.1, 0.15) is 18.4 Å². The molecule has 0 spiro atoms. The number of nitrogens with zero attached hydrogens (tertiary/aromatic N) is 1. The lowest BCUT2D eigenvalue weighted by Gasteiger charge is -2.05. The Morgan fingerprint density at radius 3 is 2.64 bits per heavy atom. The number of aryl methyl sites for hydroxylation is 1. The molecule has 0 fully saturated rings. The van der Waals surface area contributed by atoms with Crippen LogP contribution in [0.25, 0.3) is 10.2 Å². The number of carbonyl (C=O) groups is 1. The molecule has 2 aromatic carbocycles. The van der Waals surface area contributed by atoms with Crippen molar-refractivity contribution in [2.24, 2.45) is 0 Å². The summed E-state index contributed by atoms with van der Waals surface area (Å²) < 4.78 is 36.2. The maximum atomic E-state index is 12.3. The number of ether oxygens (including phenoxy) is 2. The predicted octanol–water partition coefficient (Wildman–Crippen LogP) is 3.53. The van der Waals surface area contributed by atoms with Gasteiger partial charge in [-0.05, 0) is 25.5 Å². The van der Waals surface area contributed by atoms with Crippen molar-refractivity contribution in [2.75, 3.05) is 17.9 Å². The quantitative estimate of drug-likeness (QED) is 0.658. The Morgan fingerprint density at radius 2 is 1.89 bits per heavy atom. The normalized spacial score (nSPS) is 13.0. The number of benzene rings is 2. The summed E-state index contributed by atoms with van der Waals surface area (Å²) in [6, 6.07) is 10.3. The number of hydrogen-bond acceptors (Lipinski definition) is 7. The predicted molar refractivity (Wildman–Crippen MR) is 107 cm³/mol. The average Bonchev–Trinajstić information content (AvgIpc) is 3.24. The van der Waals surface area contributed by atoms with Gasteiger partial charge < -0.3 is 14.8 Å². The molecule has 2 heterocycles. The third-order valence-electron chi connectivity index (χ3n) is 4.33. The molecule has 1 amide bonds. The van der Waals surface area contributed by atoms with E-state index in [1.807, 2.05) is 13.0 Å². The van der Waals surface area contributed by atoms with E-state index in [-0.39, 0.29) is 36.2 Å².